The van der Waals surface area contributed by atoms with Crippen LogP contribution in [0.4, 0.5) is 0 Å². The average Bonchev–Trinajstić information content (AvgIpc) is 2.53. The van der Waals surface area contributed by atoms with Crippen LogP contribution >= 0.6 is 24.0 Å². The first-order valence-corrected chi connectivity index (χ1v) is 8.55. The Morgan fingerprint density at radius 1 is 1.23 bits per heavy atom. The van der Waals surface area contributed by atoms with Gasteiger partial charge in [-0.05, 0) is 18.8 Å². The predicted molar refractivity (Wildman–Crippen MR) is 103 cm³/mol. The summed E-state index contributed by atoms with van der Waals surface area (Å²) >= 11 is 0. The molecular formula is C16H33IN4O. The van der Waals surface area contributed by atoms with Crippen LogP contribution in [0.1, 0.15) is 39.0 Å². The van der Waals surface area contributed by atoms with E-state index >= 15 is 0 Å². The maximum Gasteiger partial charge on any atom is 0.191 e. The molecule has 2 aliphatic rings. The van der Waals surface area contributed by atoms with Crippen LogP contribution < -0.4 is 10.6 Å². The Labute approximate surface area is 152 Å². The highest BCUT2D eigenvalue weighted by atomic mass is 127. The first kappa shape index (κ1) is 20.0. The summed E-state index contributed by atoms with van der Waals surface area (Å²) in [5, 5.41) is 7.06. The molecule has 6 heteroatoms. The lowest BCUT2D eigenvalue weighted by molar-refractivity contribution is 0.0320. The number of nitrogens with zero attached hydrogens (tertiary/aromatic N) is 2. The topological polar surface area (TPSA) is 48.9 Å². The van der Waals surface area contributed by atoms with Crippen LogP contribution in [0.15, 0.2) is 4.99 Å². The maximum atomic E-state index is 5.40. The molecule has 1 aliphatic carbocycles. The molecule has 22 heavy (non-hydrogen) atoms. The van der Waals surface area contributed by atoms with E-state index in [0.717, 1.165) is 45.4 Å². The SMILES string of the molecule is CN=C(NCC(C)CN1CCOCC1)NC1CCCCC1.I. The van der Waals surface area contributed by atoms with E-state index < -0.39 is 0 Å². The van der Waals surface area contributed by atoms with Gasteiger partial charge in [0.05, 0.1) is 13.2 Å². The molecule has 0 aromatic heterocycles. The minimum Gasteiger partial charge on any atom is -0.379 e. The molecule has 2 N–H and O–H groups in total. The molecule has 0 aromatic rings. The van der Waals surface area contributed by atoms with Crippen LogP contribution in [-0.4, -0.2) is 63.3 Å². The number of ether oxygens (including phenoxy) is 1. The molecule has 0 radical (unpaired) electrons. The monoisotopic (exact) mass is 424 g/mol. The standard InChI is InChI=1S/C16H32N4O.HI/c1-14(13-20-8-10-21-11-9-20)12-18-16(17-2)19-15-6-4-3-5-7-15;/h14-15H,3-13H2,1-2H3,(H2,17,18,19);1H. The highest BCUT2D eigenvalue weighted by Crippen LogP contribution is 2.17. The molecule has 0 bridgehead atoms. The van der Waals surface area contributed by atoms with Crippen molar-refractivity contribution in [3.05, 3.63) is 0 Å². The van der Waals surface area contributed by atoms with Gasteiger partial charge < -0.3 is 15.4 Å². The molecule has 1 saturated carbocycles. The van der Waals surface area contributed by atoms with Crippen LogP contribution in [0.3, 0.4) is 0 Å². The lowest BCUT2D eigenvalue weighted by atomic mass is 9.96. The number of hydrogen-bond acceptors (Lipinski definition) is 3. The van der Waals surface area contributed by atoms with Gasteiger partial charge in [0, 0.05) is 39.3 Å². The molecule has 0 aromatic carbocycles. The molecular weight excluding hydrogens is 391 g/mol. The predicted octanol–water partition coefficient (Wildman–Crippen LogP) is 2.07. The highest BCUT2D eigenvalue weighted by Gasteiger charge is 2.16. The van der Waals surface area contributed by atoms with Gasteiger partial charge in [-0.2, -0.15) is 0 Å². The second-order valence-electron chi connectivity index (χ2n) is 6.45. The second-order valence-corrected chi connectivity index (χ2v) is 6.45. The number of halogens is 1. The fourth-order valence-corrected chi connectivity index (χ4v) is 3.19. The number of morpholine rings is 1. The molecule has 1 heterocycles. The summed E-state index contributed by atoms with van der Waals surface area (Å²) in [6, 6.07) is 0.611. The lowest BCUT2D eigenvalue weighted by Crippen LogP contribution is -2.47. The quantitative estimate of drug-likeness (QED) is 0.403. The van der Waals surface area contributed by atoms with Crippen LogP contribution in [0.2, 0.25) is 0 Å². The Morgan fingerprint density at radius 3 is 2.55 bits per heavy atom. The molecule has 5 nitrogen and oxygen atoms in total. The Morgan fingerprint density at radius 2 is 1.91 bits per heavy atom. The molecule has 0 spiro atoms. The molecule has 1 unspecified atom stereocenters. The minimum atomic E-state index is 0. The summed E-state index contributed by atoms with van der Waals surface area (Å²) in [6.07, 6.45) is 6.65. The van der Waals surface area contributed by atoms with Gasteiger partial charge in [-0.15, -0.1) is 24.0 Å². The Bertz CT molecular complexity index is 315. The largest absolute Gasteiger partial charge is 0.379 e. The van der Waals surface area contributed by atoms with Crippen molar-refractivity contribution in [2.75, 3.05) is 46.4 Å². The Balaban J connectivity index is 0.00000242. The van der Waals surface area contributed by atoms with E-state index in [1.54, 1.807) is 0 Å². The second kappa shape index (κ2) is 11.5. The first-order valence-electron chi connectivity index (χ1n) is 8.55. The van der Waals surface area contributed by atoms with Gasteiger partial charge >= 0.3 is 0 Å². The minimum absolute atomic E-state index is 0. The van der Waals surface area contributed by atoms with Gasteiger partial charge in [0.1, 0.15) is 0 Å². The molecule has 2 rings (SSSR count). The van der Waals surface area contributed by atoms with E-state index in [1.807, 2.05) is 7.05 Å². The molecule has 0 amide bonds. The Kier molecular flexibility index (Phi) is 10.4. The summed E-state index contributed by atoms with van der Waals surface area (Å²) in [4.78, 5) is 6.85. The van der Waals surface area contributed by atoms with Gasteiger partial charge in [-0.1, -0.05) is 26.2 Å². The van der Waals surface area contributed by atoms with Crippen molar-refractivity contribution in [1.82, 2.24) is 15.5 Å². The van der Waals surface area contributed by atoms with Crippen molar-refractivity contribution in [2.45, 2.75) is 45.1 Å². The maximum absolute atomic E-state index is 5.40. The molecule has 130 valence electrons. The summed E-state index contributed by atoms with van der Waals surface area (Å²) in [5.41, 5.74) is 0. The zero-order valence-electron chi connectivity index (χ0n) is 14.1. The van der Waals surface area contributed by atoms with E-state index in [4.69, 9.17) is 4.74 Å². The van der Waals surface area contributed by atoms with Crippen molar-refractivity contribution < 1.29 is 4.74 Å². The van der Waals surface area contributed by atoms with E-state index in [-0.39, 0.29) is 24.0 Å². The van der Waals surface area contributed by atoms with Crippen molar-refractivity contribution in [1.29, 1.82) is 0 Å². The van der Waals surface area contributed by atoms with E-state index in [9.17, 15) is 0 Å². The summed E-state index contributed by atoms with van der Waals surface area (Å²) in [6.45, 7) is 8.31. The normalized spacial score (nSPS) is 22.7. The fraction of sp³-hybridized carbons (Fsp3) is 0.938. The number of nitrogens with one attached hydrogen (secondary N) is 2. The van der Waals surface area contributed by atoms with Gasteiger partial charge in [-0.3, -0.25) is 9.89 Å². The van der Waals surface area contributed by atoms with Crippen molar-refractivity contribution in [3.63, 3.8) is 0 Å². The van der Waals surface area contributed by atoms with Gasteiger partial charge in [0.15, 0.2) is 5.96 Å². The van der Waals surface area contributed by atoms with Gasteiger partial charge in [-0.25, -0.2) is 0 Å². The van der Waals surface area contributed by atoms with Crippen LogP contribution in [0.5, 0.6) is 0 Å². The van der Waals surface area contributed by atoms with Crippen LogP contribution in [-0.2, 0) is 4.74 Å². The van der Waals surface area contributed by atoms with E-state index in [1.165, 1.54) is 32.1 Å². The Hall–Kier alpha value is -0.0800. The number of guanidine groups is 1. The molecule has 1 saturated heterocycles. The van der Waals surface area contributed by atoms with Gasteiger partial charge in [0.2, 0.25) is 0 Å². The third-order valence-electron chi connectivity index (χ3n) is 4.46. The molecule has 1 aliphatic heterocycles. The van der Waals surface area contributed by atoms with Crippen molar-refractivity contribution in [2.24, 2.45) is 10.9 Å². The van der Waals surface area contributed by atoms with Gasteiger partial charge in [0.25, 0.3) is 0 Å². The zero-order valence-corrected chi connectivity index (χ0v) is 16.5. The number of rotatable bonds is 5. The first-order chi connectivity index (χ1) is 10.3. The van der Waals surface area contributed by atoms with Crippen molar-refractivity contribution in [3.8, 4) is 0 Å². The van der Waals surface area contributed by atoms with E-state index in [2.05, 4.69) is 27.4 Å². The smallest absolute Gasteiger partial charge is 0.191 e. The average molecular weight is 424 g/mol. The zero-order chi connectivity index (χ0) is 14.9. The number of hydrogen-bond donors (Lipinski definition) is 2. The summed E-state index contributed by atoms with van der Waals surface area (Å²) in [7, 11) is 1.87. The number of aliphatic imine (C=N–C) groups is 1. The molecule has 1 atom stereocenters. The van der Waals surface area contributed by atoms with E-state index in [0.29, 0.717) is 12.0 Å². The van der Waals surface area contributed by atoms with Crippen LogP contribution in [0, 0.1) is 5.92 Å². The van der Waals surface area contributed by atoms with Crippen molar-refractivity contribution >= 4 is 29.9 Å². The summed E-state index contributed by atoms with van der Waals surface area (Å²) < 4.78 is 5.40. The third-order valence-corrected chi connectivity index (χ3v) is 4.46. The molecule has 2 fully saturated rings. The summed E-state index contributed by atoms with van der Waals surface area (Å²) in [5.74, 6) is 1.59. The third kappa shape index (κ3) is 7.46. The van der Waals surface area contributed by atoms with Crippen LogP contribution in [0.25, 0.3) is 0 Å². The lowest BCUT2D eigenvalue weighted by Gasteiger charge is -2.30. The fourth-order valence-electron chi connectivity index (χ4n) is 3.19. The highest BCUT2D eigenvalue weighted by molar-refractivity contribution is 14.0.